The third-order valence-electron chi connectivity index (χ3n) is 1.91. The van der Waals surface area contributed by atoms with E-state index in [1.54, 1.807) is 6.20 Å². The minimum Gasteiger partial charge on any atom is -0.384 e. The van der Waals surface area contributed by atoms with E-state index in [1.165, 1.54) is 18.4 Å². The fourth-order valence-electron chi connectivity index (χ4n) is 1.23. The molecule has 1 aliphatic rings. The molecule has 2 N–H and O–H groups in total. The lowest BCUT2D eigenvalue weighted by molar-refractivity contribution is 0.776. The summed E-state index contributed by atoms with van der Waals surface area (Å²) in [6.07, 6.45) is 10.5. The average molecular weight is 164 g/mol. The number of unbranched alkanes of at least 4 members (excludes halogenated alkanes) is 1. The van der Waals surface area contributed by atoms with Crippen molar-refractivity contribution < 1.29 is 0 Å². The van der Waals surface area contributed by atoms with E-state index in [4.69, 9.17) is 5.73 Å². The smallest absolute Gasteiger partial charge is 0.123 e. The summed E-state index contributed by atoms with van der Waals surface area (Å²) in [6, 6.07) is 0. The number of hydrogen-bond donors (Lipinski definition) is 1. The summed E-state index contributed by atoms with van der Waals surface area (Å²) >= 11 is 0. The van der Waals surface area contributed by atoms with Crippen molar-refractivity contribution in [3.05, 3.63) is 23.9 Å². The van der Waals surface area contributed by atoms with E-state index < -0.39 is 0 Å². The zero-order chi connectivity index (χ0) is 8.81. The molecule has 0 atom stereocenters. The third-order valence-corrected chi connectivity index (χ3v) is 1.91. The van der Waals surface area contributed by atoms with Gasteiger partial charge in [0, 0.05) is 6.20 Å². The van der Waals surface area contributed by atoms with Crippen LogP contribution in [0.3, 0.4) is 0 Å². The lowest BCUT2D eigenvalue weighted by atomic mass is 10.1. The second kappa shape index (κ2) is 4.75. The van der Waals surface area contributed by atoms with Gasteiger partial charge >= 0.3 is 0 Å². The van der Waals surface area contributed by atoms with Gasteiger partial charge in [-0.3, -0.25) is 0 Å². The Morgan fingerprint density at radius 1 is 1.58 bits per heavy atom. The second-order valence-corrected chi connectivity index (χ2v) is 3.05. The first-order valence-electron chi connectivity index (χ1n) is 4.50. The molecule has 0 aromatic rings. The summed E-state index contributed by atoms with van der Waals surface area (Å²) in [5.41, 5.74) is 7.01. The second-order valence-electron chi connectivity index (χ2n) is 3.05. The van der Waals surface area contributed by atoms with Crippen LogP contribution in [0.1, 0.15) is 32.6 Å². The molecule has 0 amide bonds. The van der Waals surface area contributed by atoms with Crippen LogP contribution in [0.2, 0.25) is 0 Å². The van der Waals surface area contributed by atoms with Crippen molar-refractivity contribution in [1.29, 1.82) is 0 Å². The molecule has 0 unspecified atom stereocenters. The molecule has 2 heteroatoms. The number of nitrogens with zero attached hydrogens (tertiary/aromatic N) is 1. The summed E-state index contributed by atoms with van der Waals surface area (Å²) in [5, 5.41) is 0. The van der Waals surface area contributed by atoms with Crippen molar-refractivity contribution in [3.8, 4) is 0 Å². The van der Waals surface area contributed by atoms with Crippen LogP contribution in [-0.2, 0) is 0 Å². The van der Waals surface area contributed by atoms with E-state index in [2.05, 4.69) is 18.0 Å². The van der Waals surface area contributed by atoms with Crippen molar-refractivity contribution in [2.75, 3.05) is 0 Å². The lowest BCUT2D eigenvalue weighted by Crippen LogP contribution is -2.07. The predicted molar refractivity (Wildman–Crippen MR) is 53.0 cm³/mol. The summed E-state index contributed by atoms with van der Waals surface area (Å²) in [6.45, 7) is 2.20. The van der Waals surface area contributed by atoms with Crippen LogP contribution in [0.4, 0.5) is 0 Å². The standard InChI is InChI=1S/C10H16N2/c1-2-3-5-9-6-4-7-12-10(11)8-9/h4,7-8H,2-3,5-6H2,1H3,(H2,11,12). The van der Waals surface area contributed by atoms with Gasteiger partial charge in [-0.1, -0.05) is 25.0 Å². The molecule has 0 fully saturated rings. The maximum absolute atomic E-state index is 5.62. The van der Waals surface area contributed by atoms with Crippen LogP contribution in [0.5, 0.6) is 0 Å². The van der Waals surface area contributed by atoms with Crippen LogP contribution < -0.4 is 5.73 Å². The average Bonchev–Trinajstić information content (AvgIpc) is 2.26. The highest BCUT2D eigenvalue weighted by molar-refractivity contribution is 5.92. The number of allylic oxidation sites excluding steroid dienone is 2. The third kappa shape index (κ3) is 2.91. The van der Waals surface area contributed by atoms with E-state index in [-0.39, 0.29) is 0 Å². The van der Waals surface area contributed by atoms with Crippen molar-refractivity contribution in [2.24, 2.45) is 10.7 Å². The molecule has 0 saturated heterocycles. The molecule has 0 aromatic heterocycles. The Kier molecular flexibility index (Phi) is 3.58. The fourth-order valence-corrected chi connectivity index (χ4v) is 1.23. The van der Waals surface area contributed by atoms with E-state index in [1.807, 2.05) is 6.08 Å². The van der Waals surface area contributed by atoms with Crippen molar-refractivity contribution in [3.63, 3.8) is 0 Å². The summed E-state index contributed by atoms with van der Waals surface area (Å²) in [4.78, 5) is 4.02. The van der Waals surface area contributed by atoms with E-state index in [9.17, 15) is 0 Å². The Morgan fingerprint density at radius 3 is 3.17 bits per heavy atom. The molecular formula is C10H16N2. The molecule has 0 saturated carbocycles. The van der Waals surface area contributed by atoms with Gasteiger partial charge in [0.2, 0.25) is 0 Å². The quantitative estimate of drug-likeness (QED) is 0.683. The molecule has 66 valence electrons. The number of amidine groups is 1. The Labute approximate surface area is 73.9 Å². The highest BCUT2D eigenvalue weighted by Gasteiger charge is 1.98. The summed E-state index contributed by atoms with van der Waals surface area (Å²) in [7, 11) is 0. The first-order valence-corrected chi connectivity index (χ1v) is 4.50. The van der Waals surface area contributed by atoms with Crippen molar-refractivity contribution in [2.45, 2.75) is 32.6 Å². The SMILES string of the molecule is CCCCC1=CC(N)=NC=CC1. The molecule has 0 aliphatic carbocycles. The molecule has 1 heterocycles. The minimum absolute atomic E-state index is 0.634. The van der Waals surface area contributed by atoms with E-state index in [0.717, 1.165) is 12.8 Å². The Morgan fingerprint density at radius 2 is 2.42 bits per heavy atom. The van der Waals surface area contributed by atoms with Gasteiger partial charge in [0.15, 0.2) is 0 Å². The van der Waals surface area contributed by atoms with Crippen molar-refractivity contribution >= 4 is 5.84 Å². The molecule has 0 spiro atoms. The molecule has 12 heavy (non-hydrogen) atoms. The first-order chi connectivity index (χ1) is 5.83. The number of rotatable bonds is 3. The van der Waals surface area contributed by atoms with Gasteiger partial charge in [-0.2, -0.15) is 0 Å². The van der Waals surface area contributed by atoms with Crippen LogP contribution >= 0.6 is 0 Å². The molecule has 1 rings (SSSR count). The molecule has 0 bridgehead atoms. The maximum atomic E-state index is 5.62. The van der Waals surface area contributed by atoms with Crippen LogP contribution in [0.25, 0.3) is 0 Å². The Balaban J connectivity index is 2.53. The predicted octanol–water partition coefficient (Wildman–Crippen LogP) is 2.38. The van der Waals surface area contributed by atoms with Crippen molar-refractivity contribution in [1.82, 2.24) is 0 Å². The molecule has 2 nitrogen and oxygen atoms in total. The van der Waals surface area contributed by atoms with Gasteiger partial charge in [-0.15, -0.1) is 0 Å². The molecular weight excluding hydrogens is 148 g/mol. The number of aliphatic imine (C=N–C) groups is 1. The Bertz CT molecular complexity index is 224. The van der Waals surface area contributed by atoms with Crippen LogP contribution in [0, 0.1) is 0 Å². The first kappa shape index (κ1) is 9.04. The highest BCUT2D eigenvalue weighted by Crippen LogP contribution is 2.13. The maximum Gasteiger partial charge on any atom is 0.123 e. The van der Waals surface area contributed by atoms with Crippen LogP contribution in [0.15, 0.2) is 28.9 Å². The van der Waals surface area contributed by atoms with Gasteiger partial charge in [0.05, 0.1) is 0 Å². The topological polar surface area (TPSA) is 38.4 Å². The van der Waals surface area contributed by atoms with Gasteiger partial charge in [-0.05, 0) is 25.3 Å². The zero-order valence-electron chi connectivity index (χ0n) is 7.59. The molecule has 0 radical (unpaired) electrons. The lowest BCUT2D eigenvalue weighted by Gasteiger charge is -2.01. The van der Waals surface area contributed by atoms with Gasteiger partial charge in [0.25, 0.3) is 0 Å². The van der Waals surface area contributed by atoms with Gasteiger partial charge in [0.1, 0.15) is 5.84 Å². The number of hydrogen-bond acceptors (Lipinski definition) is 2. The monoisotopic (exact) mass is 164 g/mol. The summed E-state index contributed by atoms with van der Waals surface area (Å²) in [5.74, 6) is 0.634. The summed E-state index contributed by atoms with van der Waals surface area (Å²) < 4.78 is 0. The Hall–Kier alpha value is -1.05. The highest BCUT2D eigenvalue weighted by atomic mass is 14.8. The van der Waals surface area contributed by atoms with Crippen LogP contribution in [-0.4, -0.2) is 5.84 Å². The largest absolute Gasteiger partial charge is 0.384 e. The van der Waals surface area contributed by atoms with Gasteiger partial charge in [-0.25, -0.2) is 4.99 Å². The minimum atomic E-state index is 0.634. The molecule has 1 aliphatic heterocycles. The number of nitrogens with two attached hydrogens (primary N) is 1. The normalized spacial score (nSPS) is 16.8. The fraction of sp³-hybridized carbons (Fsp3) is 0.500. The van der Waals surface area contributed by atoms with E-state index >= 15 is 0 Å². The molecule has 0 aromatic carbocycles. The zero-order valence-corrected chi connectivity index (χ0v) is 7.59. The van der Waals surface area contributed by atoms with E-state index in [0.29, 0.717) is 5.84 Å². The van der Waals surface area contributed by atoms with Gasteiger partial charge < -0.3 is 5.73 Å².